The third kappa shape index (κ3) is 6.67. The molecule has 3 aromatic carbocycles. The highest BCUT2D eigenvalue weighted by atomic mass is 16.5. The minimum atomic E-state index is -0.00318. The van der Waals surface area contributed by atoms with Crippen LogP contribution >= 0.6 is 0 Å². The number of rotatable bonds is 9. The molecule has 5 nitrogen and oxygen atoms in total. The fraction of sp³-hybridized carbons (Fsp3) is 0.296. The lowest BCUT2D eigenvalue weighted by atomic mass is 10.1. The maximum atomic E-state index is 12.6. The second-order valence-corrected chi connectivity index (χ2v) is 8.05. The topological polar surface area (TPSA) is 50.8 Å². The summed E-state index contributed by atoms with van der Waals surface area (Å²) in [5.74, 6) is 1.38. The van der Waals surface area contributed by atoms with E-state index in [9.17, 15) is 4.79 Å². The number of carbonyl (C=O) groups is 1. The highest BCUT2D eigenvalue weighted by molar-refractivity contribution is 5.92. The first-order valence-electron chi connectivity index (χ1n) is 11.3. The summed E-state index contributed by atoms with van der Waals surface area (Å²) in [6.45, 7) is 3.33. The zero-order chi connectivity index (χ0) is 22.0. The number of nitrogens with zero attached hydrogens (tertiary/aromatic N) is 1. The van der Waals surface area contributed by atoms with Crippen LogP contribution in [0.3, 0.4) is 0 Å². The van der Waals surface area contributed by atoms with E-state index in [0.717, 1.165) is 38.2 Å². The molecule has 32 heavy (non-hydrogen) atoms. The first-order valence-corrected chi connectivity index (χ1v) is 11.3. The fourth-order valence-electron chi connectivity index (χ4n) is 3.83. The number of ether oxygens (including phenoxy) is 2. The average molecular weight is 431 g/mol. The molecule has 0 unspecified atom stereocenters. The van der Waals surface area contributed by atoms with Crippen molar-refractivity contribution in [3.8, 4) is 11.5 Å². The molecule has 3 aromatic rings. The fourth-order valence-corrected chi connectivity index (χ4v) is 3.83. The molecule has 1 heterocycles. The molecular weight excluding hydrogens is 400 g/mol. The lowest BCUT2D eigenvalue weighted by molar-refractivity contribution is -0.116. The number of amides is 1. The van der Waals surface area contributed by atoms with Crippen molar-refractivity contribution in [1.29, 1.82) is 0 Å². The lowest BCUT2D eigenvalue weighted by Gasteiger charge is -2.31. The van der Waals surface area contributed by atoms with Crippen LogP contribution in [0.1, 0.15) is 24.8 Å². The molecule has 0 atom stereocenters. The zero-order valence-electron chi connectivity index (χ0n) is 18.3. The number of hydrogen-bond acceptors (Lipinski definition) is 4. The summed E-state index contributed by atoms with van der Waals surface area (Å²) in [7, 11) is 0. The Labute approximate surface area is 190 Å². The summed E-state index contributed by atoms with van der Waals surface area (Å²) in [6.07, 6.45) is 2.75. The number of anilines is 1. The number of para-hydroxylation sites is 3. The van der Waals surface area contributed by atoms with Gasteiger partial charge in [-0.3, -0.25) is 4.79 Å². The van der Waals surface area contributed by atoms with Crippen molar-refractivity contribution in [2.24, 2.45) is 0 Å². The van der Waals surface area contributed by atoms with Crippen molar-refractivity contribution in [3.05, 3.63) is 90.5 Å². The summed E-state index contributed by atoms with van der Waals surface area (Å²) in [6, 6.07) is 27.4. The van der Waals surface area contributed by atoms with Crippen LogP contribution in [0.2, 0.25) is 0 Å². The van der Waals surface area contributed by atoms with E-state index < -0.39 is 0 Å². The molecule has 0 radical (unpaired) electrons. The molecule has 4 rings (SSSR count). The van der Waals surface area contributed by atoms with Crippen molar-refractivity contribution in [3.63, 3.8) is 0 Å². The van der Waals surface area contributed by atoms with Crippen molar-refractivity contribution in [2.45, 2.75) is 32.0 Å². The van der Waals surface area contributed by atoms with E-state index in [0.29, 0.717) is 30.6 Å². The molecule has 1 saturated heterocycles. The molecule has 1 fully saturated rings. The predicted molar refractivity (Wildman–Crippen MR) is 127 cm³/mol. The maximum Gasteiger partial charge on any atom is 0.225 e. The zero-order valence-corrected chi connectivity index (χ0v) is 18.3. The number of piperidine rings is 1. The van der Waals surface area contributed by atoms with Gasteiger partial charge in [-0.1, -0.05) is 60.7 Å². The van der Waals surface area contributed by atoms with Crippen LogP contribution in [-0.2, 0) is 16.1 Å². The number of hydrogen-bond donors (Lipinski definition) is 1. The van der Waals surface area contributed by atoms with Crippen molar-refractivity contribution in [2.75, 3.05) is 25.0 Å². The van der Waals surface area contributed by atoms with Gasteiger partial charge in [0, 0.05) is 26.1 Å². The third-order valence-corrected chi connectivity index (χ3v) is 5.65. The van der Waals surface area contributed by atoms with Gasteiger partial charge in [-0.25, -0.2) is 0 Å². The van der Waals surface area contributed by atoms with Crippen LogP contribution in [0.25, 0.3) is 0 Å². The minimum absolute atomic E-state index is 0.00318. The Morgan fingerprint density at radius 1 is 0.875 bits per heavy atom. The van der Waals surface area contributed by atoms with E-state index in [-0.39, 0.29) is 5.91 Å². The Morgan fingerprint density at radius 2 is 1.53 bits per heavy atom. The maximum absolute atomic E-state index is 12.6. The molecule has 166 valence electrons. The first kappa shape index (κ1) is 22.1. The Hall–Kier alpha value is -3.15. The van der Waals surface area contributed by atoms with Crippen molar-refractivity contribution >= 4 is 11.6 Å². The van der Waals surface area contributed by atoms with Crippen LogP contribution in [-0.4, -0.2) is 36.5 Å². The summed E-state index contributed by atoms with van der Waals surface area (Å²) in [5, 5.41) is 3.00. The van der Waals surface area contributed by atoms with Crippen molar-refractivity contribution in [1.82, 2.24) is 4.90 Å². The second-order valence-electron chi connectivity index (χ2n) is 8.05. The SMILES string of the molecule is O=C(CCN1CCC(OCc2ccccc2)CC1)Nc1ccccc1Oc1ccccc1. The normalized spacial score (nSPS) is 14.8. The molecule has 0 saturated carbocycles. The van der Waals surface area contributed by atoms with Gasteiger partial charge in [0.2, 0.25) is 5.91 Å². The molecule has 5 heteroatoms. The van der Waals surface area contributed by atoms with Gasteiger partial charge >= 0.3 is 0 Å². The van der Waals surface area contributed by atoms with Gasteiger partial charge in [-0.15, -0.1) is 0 Å². The van der Waals surface area contributed by atoms with Gasteiger partial charge in [0.1, 0.15) is 5.75 Å². The van der Waals surface area contributed by atoms with Gasteiger partial charge in [-0.2, -0.15) is 0 Å². The first-order chi connectivity index (χ1) is 15.8. The van der Waals surface area contributed by atoms with Gasteiger partial charge in [-0.05, 0) is 42.7 Å². The van der Waals surface area contributed by atoms with Crippen molar-refractivity contribution < 1.29 is 14.3 Å². The highest BCUT2D eigenvalue weighted by Crippen LogP contribution is 2.29. The molecule has 0 aliphatic carbocycles. The van der Waals surface area contributed by atoms with Crippen LogP contribution < -0.4 is 10.1 Å². The van der Waals surface area contributed by atoms with Crippen LogP contribution in [0.5, 0.6) is 11.5 Å². The minimum Gasteiger partial charge on any atom is -0.455 e. The van der Waals surface area contributed by atoms with E-state index in [2.05, 4.69) is 22.3 Å². The van der Waals surface area contributed by atoms with E-state index in [1.807, 2.05) is 72.8 Å². The number of carbonyl (C=O) groups excluding carboxylic acids is 1. The Kier molecular flexibility index (Phi) is 7.90. The molecule has 1 amide bonds. The molecule has 0 aromatic heterocycles. The Morgan fingerprint density at radius 3 is 2.28 bits per heavy atom. The number of benzene rings is 3. The largest absolute Gasteiger partial charge is 0.455 e. The molecular formula is C27H30N2O3. The van der Waals surface area contributed by atoms with Gasteiger partial charge in [0.15, 0.2) is 5.75 Å². The lowest BCUT2D eigenvalue weighted by Crippen LogP contribution is -2.38. The standard InChI is InChI=1S/C27H30N2O3/c30-27(28-25-13-7-8-14-26(25)32-24-11-5-2-6-12-24)17-20-29-18-15-23(16-19-29)31-21-22-9-3-1-4-10-22/h1-14,23H,15-21H2,(H,28,30). The summed E-state index contributed by atoms with van der Waals surface area (Å²) >= 11 is 0. The second kappa shape index (κ2) is 11.5. The monoisotopic (exact) mass is 430 g/mol. The number of likely N-dealkylation sites (tertiary alicyclic amines) is 1. The quantitative estimate of drug-likeness (QED) is 0.488. The van der Waals surface area contributed by atoms with E-state index in [1.165, 1.54) is 5.56 Å². The molecule has 0 bridgehead atoms. The third-order valence-electron chi connectivity index (χ3n) is 5.65. The smallest absolute Gasteiger partial charge is 0.225 e. The highest BCUT2D eigenvalue weighted by Gasteiger charge is 2.20. The Balaban J connectivity index is 1.19. The average Bonchev–Trinajstić information content (AvgIpc) is 2.85. The Bertz CT molecular complexity index is 970. The van der Waals surface area contributed by atoms with Gasteiger partial charge < -0.3 is 19.7 Å². The summed E-state index contributed by atoms with van der Waals surface area (Å²) < 4.78 is 12.0. The van der Waals surface area contributed by atoms with E-state index in [4.69, 9.17) is 9.47 Å². The predicted octanol–water partition coefficient (Wildman–Crippen LogP) is 5.49. The molecule has 1 aliphatic heterocycles. The molecule has 0 spiro atoms. The van der Waals surface area contributed by atoms with Crippen LogP contribution in [0.4, 0.5) is 5.69 Å². The van der Waals surface area contributed by atoms with E-state index >= 15 is 0 Å². The molecule has 1 N–H and O–H groups in total. The van der Waals surface area contributed by atoms with Gasteiger partial charge in [0.25, 0.3) is 0 Å². The molecule has 1 aliphatic rings. The van der Waals surface area contributed by atoms with Gasteiger partial charge in [0.05, 0.1) is 18.4 Å². The van der Waals surface area contributed by atoms with E-state index in [1.54, 1.807) is 0 Å². The number of nitrogens with one attached hydrogen (secondary N) is 1. The summed E-state index contributed by atoms with van der Waals surface area (Å²) in [4.78, 5) is 14.9. The summed E-state index contributed by atoms with van der Waals surface area (Å²) in [5.41, 5.74) is 1.90. The van der Waals surface area contributed by atoms with Crippen LogP contribution in [0.15, 0.2) is 84.9 Å². The van der Waals surface area contributed by atoms with Crippen LogP contribution in [0, 0.1) is 0 Å².